The molecule has 0 unspecified atom stereocenters. The van der Waals surface area contributed by atoms with Crippen LogP contribution in [-0.4, -0.2) is 5.76 Å². The lowest BCUT2D eigenvalue weighted by atomic mass is 9.77. The van der Waals surface area contributed by atoms with Crippen molar-refractivity contribution < 1.29 is 8.78 Å². The van der Waals surface area contributed by atoms with Crippen LogP contribution in [0, 0.1) is 5.92 Å². The van der Waals surface area contributed by atoms with Crippen LogP contribution in [0.1, 0.15) is 76.2 Å². The fourth-order valence-electron chi connectivity index (χ4n) is 4.42. The minimum Gasteiger partial charge on any atom is -0.198 e. The number of unbranched alkanes of at least 4 members (excludes halogenated alkanes) is 3. The number of alkyl halides is 2. The van der Waals surface area contributed by atoms with Gasteiger partial charge in [0.15, 0.2) is 0 Å². The highest BCUT2D eigenvalue weighted by molar-refractivity contribution is 7.99. The van der Waals surface area contributed by atoms with Crippen LogP contribution >= 0.6 is 11.8 Å². The zero-order valence-corrected chi connectivity index (χ0v) is 17.7. The first kappa shape index (κ1) is 21.4. The maximum atomic E-state index is 12.4. The SMILES string of the molecule is CCCCCCC1CCC(c2ccc(-c3ccc(SC(F)F)cc3)cc2)CC1. The van der Waals surface area contributed by atoms with Crippen LogP contribution in [0.4, 0.5) is 8.78 Å². The molecule has 0 bridgehead atoms. The third-order valence-corrected chi connectivity index (χ3v) is 6.83. The number of hydrogen-bond acceptors (Lipinski definition) is 1. The Morgan fingerprint density at radius 3 is 2.00 bits per heavy atom. The molecule has 0 nitrogen and oxygen atoms in total. The van der Waals surface area contributed by atoms with Crippen molar-refractivity contribution in [2.75, 3.05) is 0 Å². The quantitative estimate of drug-likeness (QED) is 0.298. The van der Waals surface area contributed by atoms with Crippen molar-refractivity contribution in [1.29, 1.82) is 0 Å². The number of hydrogen-bond donors (Lipinski definition) is 0. The van der Waals surface area contributed by atoms with E-state index in [1.807, 2.05) is 12.1 Å². The van der Waals surface area contributed by atoms with E-state index in [-0.39, 0.29) is 0 Å². The normalized spacial score (nSPS) is 19.9. The van der Waals surface area contributed by atoms with Gasteiger partial charge in [-0.15, -0.1) is 0 Å². The molecule has 0 saturated heterocycles. The van der Waals surface area contributed by atoms with E-state index < -0.39 is 5.76 Å². The molecule has 0 N–H and O–H groups in total. The fraction of sp³-hybridized carbons (Fsp3) is 0.520. The maximum absolute atomic E-state index is 12.4. The van der Waals surface area contributed by atoms with Gasteiger partial charge in [-0.1, -0.05) is 87.2 Å². The second-order valence-corrected chi connectivity index (χ2v) is 9.16. The smallest absolute Gasteiger partial charge is 0.198 e. The summed E-state index contributed by atoms with van der Waals surface area (Å²) in [5, 5.41) is 0. The van der Waals surface area contributed by atoms with Crippen LogP contribution in [0.2, 0.25) is 0 Å². The molecular weight excluding hydrogens is 370 g/mol. The monoisotopic (exact) mass is 402 g/mol. The zero-order chi connectivity index (χ0) is 19.8. The average molecular weight is 403 g/mol. The molecule has 3 heteroatoms. The molecule has 0 amide bonds. The Kier molecular flexibility index (Phi) is 8.39. The van der Waals surface area contributed by atoms with Gasteiger partial charge in [-0.25, -0.2) is 0 Å². The molecule has 0 aromatic heterocycles. The lowest BCUT2D eigenvalue weighted by Crippen LogP contribution is -2.13. The Morgan fingerprint density at radius 1 is 0.821 bits per heavy atom. The van der Waals surface area contributed by atoms with Crippen molar-refractivity contribution in [3.63, 3.8) is 0 Å². The van der Waals surface area contributed by atoms with Crippen molar-refractivity contribution in [3.8, 4) is 11.1 Å². The van der Waals surface area contributed by atoms with Crippen LogP contribution in [-0.2, 0) is 0 Å². The summed E-state index contributed by atoms with van der Waals surface area (Å²) >= 11 is 0.597. The first-order chi connectivity index (χ1) is 13.7. The van der Waals surface area contributed by atoms with Crippen LogP contribution in [0.15, 0.2) is 53.4 Å². The molecule has 28 heavy (non-hydrogen) atoms. The molecule has 0 atom stereocenters. The van der Waals surface area contributed by atoms with Gasteiger partial charge in [-0.2, -0.15) is 8.78 Å². The van der Waals surface area contributed by atoms with Crippen LogP contribution < -0.4 is 0 Å². The van der Waals surface area contributed by atoms with E-state index in [0.29, 0.717) is 22.6 Å². The summed E-state index contributed by atoms with van der Waals surface area (Å²) in [5.41, 5.74) is 3.70. The predicted octanol–water partition coefficient (Wildman–Crippen LogP) is 8.91. The fourth-order valence-corrected chi connectivity index (χ4v) is 4.92. The molecule has 1 aliphatic rings. The largest absolute Gasteiger partial charge is 0.288 e. The highest BCUT2D eigenvalue weighted by Crippen LogP contribution is 2.38. The summed E-state index contributed by atoms with van der Waals surface area (Å²) in [6.07, 6.45) is 12.3. The molecule has 0 spiro atoms. The van der Waals surface area contributed by atoms with Gasteiger partial charge in [-0.05, 0) is 66.3 Å². The lowest BCUT2D eigenvalue weighted by molar-refractivity contribution is 0.252. The van der Waals surface area contributed by atoms with Crippen LogP contribution in [0.25, 0.3) is 11.1 Å². The van der Waals surface area contributed by atoms with Gasteiger partial charge in [0.2, 0.25) is 0 Å². The Balaban J connectivity index is 1.51. The highest BCUT2D eigenvalue weighted by Gasteiger charge is 2.22. The van der Waals surface area contributed by atoms with Gasteiger partial charge in [-0.3, -0.25) is 0 Å². The summed E-state index contributed by atoms with van der Waals surface area (Å²) in [5.74, 6) is -0.723. The average Bonchev–Trinajstić information content (AvgIpc) is 2.72. The molecule has 152 valence electrons. The second kappa shape index (κ2) is 11.0. The van der Waals surface area contributed by atoms with E-state index in [1.54, 1.807) is 12.1 Å². The Labute approximate surface area is 173 Å². The minimum atomic E-state index is -2.36. The lowest BCUT2D eigenvalue weighted by Gasteiger charge is -2.29. The van der Waals surface area contributed by atoms with E-state index >= 15 is 0 Å². The number of benzene rings is 2. The van der Waals surface area contributed by atoms with Gasteiger partial charge in [0, 0.05) is 4.90 Å². The number of thioether (sulfide) groups is 1. The van der Waals surface area contributed by atoms with E-state index in [4.69, 9.17) is 0 Å². The molecule has 2 aromatic carbocycles. The molecule has 0 heterocycles. The van der Waals surface area contributed by atoms with Gasteiger partial charge < -0.3 is 0 Å². The van der Waals surface area contributed by atoms with Gasteiger partial charge >= 0.3 is 0 Å². The van der Waals surface area contributed by atoms with E-state index in [2.05, 4.69) is 31.2 Å². The number of rotatable bonds is 9. The molecule has 1 saturated carbocycles. The summed E-state index contributed by atoms with van der Waals surface area (Å²) in [6, 6.07) is 16.3. The first-order valence-corrected chi connectivity index (χ1v) is 11.7. The van der Waals surface area contributed by atoms with Gasteiger partial charge in [0.1, 0.15) is 0 Å². The minimum absolute atomic E-state index is 0.597. The Morgan fingerprint density at radius 2 is 1.43 bits per heavy atom. The third kappa shape index (κ3) is 6.34. The standard InChI is InChI=1S/C25H32F2S/c1-2-3-4-5-6-19-7-9-20(10-8-19)21-11-13-22(14-12-21)23-15-17-24(18-16-23)28-25(26)27/h11-20,25H,2-10H2,1H3. The summed E-state index contributed by atoms with van der Waals surface area (Å²) < 4.78 is 24.9. The number of halogens is 2. The predicted molar refractivity (Wildman–Crippen MR) is 117 cm³/mol. The molecule has 2 aromatic rings. The Hall–Kier alpha value is -1.35. The van der Waals surface area contributed by atoms with Gasteiger partial charge in [0.25, 0.3) is 5.76 Å². The van der Waals surface area contributed by atoms with Crippen molar-refractivity contribution in [2.24, 2.45) is 5.92 Å². The van der Waals surface area contributed by atoms with E-state index in [0.717, 1.165) is 17.0 Å². The van der Waals surface area contributed by atoms with Crippen LogP contribution in [0.3, 0.4) is 0 Å². The summed E-state index contributed by atoms with van der Waals surface area (Å²) in [7, 11) is 0. The molecule has 0 aliphatic heterocycles. The second-order valence-electron chi connectivity index (χ2n) is 8.09. The summed E-state index contributed by atoms with van der Waals surface area (Å²) in [4.78, 5) is 0.613. The van der Waals surface area contributed by atoms with Crippen LogP contribution in [0.5, 0.6) is 0 Å². The molecule has 1 aliphatic carbocycles. The third-order valence-electron chi connectivity index (χ3n) is 6.11. The van der Waals surface area contributed by atoms with Crippen molar-refractivity contribution in [1.82, 2.24) is 0 Å². The van der Waals surface area contributed by atoms with Crippen molar-refractivity contribution in [3.05, 3.63) is 54.1 Å². The maximum Gasteiger partial charge on any atom is 0.288 e. The van der Waals surface area contributed by atoms with Crippen molar-refractivity contribution >= 4 is 11.8 Å². The molecule has 3 rings (SSSR count). The zero-order valence-electron chi connectivity index (χ0n) is 16.9. The Bertz CT molecular complexity index is 685. The summed E-state index contributed by atoms with van der Waals surface area (Å²) in [6.45, 7) is 2.28. The van der Waals surface area contributed by atoms with E-state index in [1.165, 1.54) is 63.4 Å². The molecule has 1 fully saturated rings. The topological polar surface area (TPSA) is 0 Å². The first-order valence-electron chi connectivity index (χ1n) is 10.8. The van der Waals surface area contributed by atoms with E-state index in [9.17, 15) is 8.78 Å². The van der Waals surface area contributed by atoms with Gasteiger partial charge in [0.05, 0.1) is 0 Å². The highest BCUT2D eigenvalue weighted by atomic mass is 32.2. The molecular formula is C25H32F2S. The van der Waals surface area contributed by atoms with Crippen molar-refractivity contribution in [2.45, 2.75) is 81.3 Å². The molecule has 0 radical (unpaired) electrons.